The van der Waals surface area contributed by atoms with E-state index in [2.05, 4.69) is 0 Å². The lowest BCUT2D eigenvalue weighted by atomic mass is 10.1. The van der Waals surface area contributed by atoms with Gasteiger partial charge in [0.2, 0.25) is 0 Å². The first-order chi connectivity index (χ1) is 8.06. The van der Waals surface area contributed by atoms with E-state index in [1.165, 1.54) is 6.07 Å². The summed E-state index contributed by atoms with van der Waals surface area (Å²) in [4.78, 5) is 31.6. The van der Waals surface area contributed by atoms with Crippen molar-refractivity contribution >= 4 is 18.2 Å². The van der Waals surface area contributed by atoms with Crippen LogP contribution in [0.4, 0.5) is 0 Å². The molecule has 1 rings (SSSR count). The maximum Gasteiger partial charge on any atom is 0.336 e. The SMILES string of the molecule is O=CCCOc1ccc(C(=O)O)c(C(=O)O)c1. The van der Waals surface area contributed by atoms with E-state index in [1.807, 2.05) is 0 Å². The third-order valence-corrected chi connectivity index (χ3v) is 1.96. The molecule has 1 aromatic carbocycles. The highest BCUT2D eigenvalue weighted by Crippen LogP contribution is 2.18. The zero-order valence-corrected chi connectivity index (χ0v) is 8.75. The van der Waals surface area contributed by atoms with Gasteiger partial charge in [-0.2, -0.15) is 0 Å². The zero-order valence-electron chi connectivity index (χ0n) is 8.75. The molecule has 0 unspecified atom stereocenters. The fraction of sp³-hybridized carbons (Fsp3) is 0.182. The van der Waals surface area contributed by atoms with Crippen LogP contribution in [-0.4, -0.2) is 35.0 Å². The molecule has 0 bridgehead atoms. The van der Waals surface area contributed by atoms with E-state index in [0.717, 1.165) is 12.1 Å². The van der Waals surface area contributed by atoms with Gasteiger partial charge >= 0.3 is 11.9 Å². The summed E-state index contributed by atoms with van der Waals surface area (Å²) >= 11 is 0. The van der Waals surface area contributed by atoms with Gasteiger partial charge in [-0.25, -0.2) is 9.59 Å². The molecule has 0 aliphatic heterocycles. The topological polar surface area (TPSA) is 101 Å². The third-order valence-electron chi connectivity index (χ3n) is 1.96. The maximum atomic E-state index is 10.8. The molecule has 0 atom stereocenters. The third kappa shape index (κ3) is 3.30. The summed E-state index contributed by atoms with van der Waals surface area (Å²) in [5, 5.41) is 17.6. The van der Waals surface area contributed by atoms with Crippen LogP contribution in [0.5, 0.6) is 5.75 Å². The fourth-order valence-electron chi connectivity index (χ4n) is 1.20. The quantitative estimate of drug-likeness (QED) is 0.567. The van der Waals surface area contributed by atoms with Gasteiger partial charge in [0, 0.05) is 6.42 Å². The van der Waals surface area contributed by atoms with Crippen LogP contribution in [0.15, 0.2) is 18.2 Å². The normalized spacial score (nSPS) is 9.65. The maximum absolute atomic E-state index is 10.8. The molecule has 0 radical (unpaired) electrons. The Morgan fingerprint density at radius 2 is 1.82 bits per heavy atom. The largest absolute Gasteiger partial charge is 0.493 e. The molecule has 0 saturated heterocycles. The number of carbonyl (C=O) groups excluding carboxylic acids is 1. The van der Waals surface area contributed by atoms with Gasteiger partial charge in [0.15, 0.2) is 0 Å². The average molecular weight is 238 g/mol. The van der Waals surface area contributed by atoms with E-state index in [9.17, 15) is 14.4 Å². The summed E-state index contributed by atoms with van der Waals surface area (Å²) in [7, 11) is 0. The molecule has 0 aromatic heterocycles. The van der Waals surface area contributed by atoms with E-state index in [0.29, 0.717) is 6.29 Å². The molecule has 1 aromatic rings. The molecule has 0 saturated carbocycles. The molecule has 0 aliphatic carbocycles. The number of carboxylic acid groups (broad SMARTS) is 2. The van der Waals surface area contributed by atoms with Crippen LogP contribution in [0, 0.1) is 0 Å². The predicted molar refractivity (Wildman–Crippen MR) is 56.5 cm³/mol. The monoisotopic (exact) mass is 238 g/mol. The lowest BCUT2D eigenvalue weighted by Crippen LogP contribution is -2.08. The molecule has 0 spiro atoms. The first-order valence-electron chi connectivity index (χ1n) is 4.73. The lowest BCUT2D eigenvalue weighted by molar-refractivity contribution is -0.108. The summed E-state index contributed by atoms with van der Waals surface area (Å²) in [5.74, 6) is -2.45. The second-order valence-electron chi connectivity index (χ2n) is 3.12. The summed E-state index contributed by atoms with van der Waals surface area (Å²) in [6, 6.07) is 3.62. The molecular formula is C11H10O6. The van der Waals surface area contributed by atoms with Gasteiger partial charge in [0.05, 0.1) is 17.7 Å². The number of aromatic carboxylic acids is 2. The minimum absolute atomic E-state index is 0.120. The van der Waals surface area contributed by atoms with Crippen molar-refractivity contribution < 1.29 is 29.3 Å². The summed E-state index contributed by atoms with van der Waals surface area (Å²) < 4.78 is 5.08. The highest BCUT2D eigenvalue weighted by atomic mass is 16.5. The second kappa shape index (κ2) is 5.64. The van der Waals surface area contributed by atoms with Gasteiger partial charge in [-0.15, -0.1) is 0 Å². The van der Waals surface area contributed by atoms with Crippen LogP contribution < -0.4 is 4.74 Å². The molecule has 6 heteroatoms. The Bertz CT molecular complexity index is 451. The van der Waals surface area contributed by atoms with Gasteiger partial charge in [0.1, 0.15) is 12.0 Å². The van der Waals surface area contributed by atoms with Crippen molar-refractivity contribution in [3.8, 4) is 5.75 Å². The molecule has 0 amide bonds. The minimum Gasteiger partial charge on any atom is -0.493 e. The van der Waals surface area contributed by atoms with Crippen LogP contribution in [0.1, 0.15) is 27.1 Å². The van der Waals surface area contributed by atoms with Crippen molar-refractivity contribution in [2.24, 2.45) is 0 Å². The van der Waals surface area contributed by atoms with E-state index in [1.54, 1.807) is 0 Å². The van der Waals surface area contributed by atoms with Crippen LogP contribution in [0.25, 0.3) is 0 Å². The van der Waals surface area contributed by atoms with E-state index < -0.39 is 11.9 Å². The van der Waals surface area contributed by atoms with Crippen molar-refractivity contribution in [2.45, 2.75) is 6.42 Å². The summed E-state index contributed by atoms with van der Waals surface area (Å²) in [6.45, 7) is 0.120. The molecule has 0 fully saturated rings. The van der Waals surface area contributed by atoms with Gasteiger partial charge in [0.25, 0.3) is 0 Å². The number of rotatable bonds is 6. The Kier molecular flexibility index (Phi) is 4.21. The van der Waals surface area contributed by atoms with E-state index in [4.69, 9.17) is 14.9 Å². The van der Waals surface area contributed by atoms with Crippen LogP contribution in [-0.2, 0) is 4.79 Å². The number of carbonyl (C=O) groups is 3. The molecule has 0 aliphatic rings. The molecular weight excluding hydrogens is 228 g/mol. The summed E-state index contributed by atoms with van der Waals surface area (Å²) in [6.07, 6.45) is 0.854. The number of carboxylic acids is 2. The van der Waals surface area contributed by atoms with Crippen molar-refractivity contribution in [2.75, 3.05) is 6.61 Å². The zero-order chi connectivity index (χ0) is 12.8. The van der Waals surface area contributed by atoms with Crippen molar-refractivity contribution in [1.82, 2.24) is 0 Å². The first kappa shape index (κ1) is 12.7. The second-order valence-corrected chi connectivity index (χ2v) is 3.12. The van der Waals surface area contributed by atoms with Crippen LogP contribution in [0.2, 0.25) is 0 Å². The highest BCUT2D eigenvalue weighted by molar-refractivity contribution is 6.01. The fourth-order valence-corrected chi connectivity index (χ4v) is 1.20. The van der Waals surface area contributed by atoms with Gasteiger partial charge in [-0.05, 0) is 18.2 Å². The molecule has 0 heterocycles. The van der Waals surface area contributed by atoms with Gasteiger partial charge in [-0.3, -0.25) is 0 Å². The number of hydrogen-bond donors (Lipinski definition) is 2. The highest BCUT2D eigenvalue weighted by Gasteiger charge is 2.16. The van der Waals surface area contributed by atoms with Crippen LogP contribution in [0.3, 0.4) is 0 Å². The Balaban J connectivity index is 2.97. The number of hydrogen-bond acceptors (Lipinski definition) is 4. The standard InChI is InChI=1S/C11H10O6/c12-4-1-5-17-7-2-3-8(10(13)14)9(6-7)11(15)16/h2-4,6H,1,5H2,(H,13,14)(H,15,16). The minimum atomic E-state index is -1.34. The smallest absolute Gasteiger partial charge is 0.336 e. The van der Waals surface area contributed by atoms with E-state index >= 15 is 0 Å². The Labute approximate surface area is 96.4 Å². The van der Waals surface area contributed by atoms with Gasteiger partial charge in [-0.1, -0.05) is 0 Å². The van der Waals surface area contributed by atoms with Crippen molar-refractivity contribution in [3.63, 3.8) is 0 Å². The molecule has 6 nitrogen and oxygen atoms in total. The predicted octanol–water partition coefficient (Wildman–Crippen LogP) is 1.05. The Hall–Kier alpha value is -2.37. The van der Waals surface area contributed by atoms with Crippen molar-refractivity contribution in [3.05, 3.63) is 29.3 Å². The Morgan fingerprint density at radius 1 is 1.18 bits per heavy atom. The summed E-state index contributed by atoms with van der Waals surface area (Å²) in [5.41, 5.74) is -0.652. The molecule has 17 heavy (non-hydrogen) atoms. The van der Waals surface area contributed by atoms with Gasteiger partial charge < -0.3 is 19.7 Å². The lowest BCUT2D eigenvalue weighted by Gasteiger charge is -2.07. The van der Waals surface area contributed by atoms with E-state index in [-0.39, 0.29) is 29.9 Å². The Morgan fingerprint density at radius 3 is 2.35 bits per heavy atom. The number of ether oxygens (including phenoxy) is 1. The molecule has 90 valence electrons. The van der Waals surface area contributed by atoms with Crippen LogP contribution >= 0.6 is 0 Å². The van der Waals surface area contributed by atoms with Crippen molar-refractivity contribution in [1.29, 1.82) is 0 Å². The first-order valence-corrected chi connectivity index (χ1v) is 4.73. The average Bonchev–Trinajstić information content (AvgIpc) is 2.29. The number of aldehydes is 1. The molecule has 2 N–H and O–H groups in total. The number of benzene rings is 1.